The van der Waals surface area contributed by atoms with E-state index in [1.807, 2.05) is 24.3 Å². The molecule has 0 unspecified atom stereocenters. The summed E-state index contributed by atoms with van der Waals surface area (Å²) in [6.07, 6.45) is 3.35. The third-order valence-corrected chi connectivity index (χ3v) is 2.83. The topological polar surface area (TPSA) is 23.8 Å². The van der Waals surface area contributed by atoms with Crippen molar-refractivity contribution < 1.29 is 0 Å². The molecule has 1 aromatic carbocycles. The van der Waals surface area contributed by atoms with Gasteiger partial charge in [-0.15, -0.1) is 11.3 Å². The Labute approximate surface area is 80.6 Å². The molecule has 0 aliphatic carbocycles. The first-order valence-electron chi connectivity index (χ1n) is 3.94. The highest BCUT2D eigenvalue weighted by molar-refractivity contribution is 7.17. The molecule has 0 aliphatic rings. The second kappa shape index (κ2) is 3.42. The molecule has 0 saturated carbocycles. The van der Waals surface area contributed by atoms with Crippen molar-refractivity contribution in [2.75, 3.05) is 0 Å². The van der Waals surface area contributed by atoms with Gasteiger partial charge in [0, 0.05) is 10.8 Å². The molecule has 0 radical (unpaired) electrons. The predicted octanol–water partition coefficient (Wildman–Crippen LogP) is 3.44. The largest absolute Gasteiger partial charge is 0.193 e. The number of fused-ring (bicyclic) bond motifs is 1. The molecule has 13 heavy (non-hydrogen) atoms. The Balaban J connectivity index is 2.59. The lowest BCUT2D eigenvalue weighted by atomic mass is 10.2. The Bertz CT molecular complexity index is 488. The van der Waals surface area contributed by atoms with Crippen LogP contribution in [-0.2, 0) is 0 Å². The fraction of sp³-hybridized carbons (Fsp3) is 0. The molecule has 2 rings (SSSR count). The molecular formula is C11H7NS. The monoisotopic (exact) mass is 185 g/mol. The molecule has 0 amide bonds. The Morgan fingerprint density at radius 2 is 2.15 bits per heavy atom. The zero-order valence-electron chi connectivity index (χ0n) is 6.90. The summed E-state index contributed by atoms with van der Waals surface area (Å²) in [6.45, 7) is 0. The minimum Gasteiger partial charge on any atom is -0.193 e. The van der Waals surface area contributed by atoms with Gasteiger partial charge in [-0.1, -0.05) is 18.2 Å². The number of rotatable bonds is 1. The maximum absolute atomic E-state index is 8.40. The molecular weight excluding hydrogens is 178 g/mol. The van der Waals surface area contributed by atoms with Crippen LogP contribution in [0.3, 0.4) is 0 Å². The fourth-order valence-electron chi connectivity index (χ4n) is 1.25. The smallest absolute Gasteiger partial charge is 0.0912 e. The van der Waals surface area contributed by atoms with Crippen molar-refractivity contribution >= 4 is 27.5 Å². The van der Waals surface area contributed by atoms with Gasteiger partial charge in [0.05, 0.1) is 6.07 Å². The summed E-state index contributed by atoms with van der Waals surface area (Å²) in [4.78, 5) is 0. The minimum atomic E-state index is 1.13. The van der Waals surface area contributed by atoms with Crippen molar-refractivity contribution in [1.82, 2.24) is 0 Å². The normalized spacial score (nSPS) is 10.7. The molecule has 1 aromatic heterocycles. The van der Waals surface area contributed by atoms with Gasteiger partial charge in [-0.3, -0.25) is 0 Å². The van der Waals surface area contributed by atoms with Crippen LogP contribution in [0.15, 0.2) is 35.7 Å². The van der Waals surface area contributed by atoms with Gasteiger partial charge in [-0.2, -0.15) is 5.26 Å². The average Bonchev–Trinajstić information content (AvgIpc) is 2.58. The maximum Gasteiger partial charge on any atom is 0.0912 e. The van der Waals surface area contributed by atoms with Gasteiger partial charge in [0.2, 0.25) is 0 Å². The van der Waals surface area contributed by atoms with Crippen molar-refractivity contribution in [3.8, 4) is 6.07 Å². The molecule has 0 spiro atoms. The van der Waals surface area contributed by atoms with Crippen LogP contribution < -0.4 is 0 Å². The van der Waals surface area contributed by atoms with Crippen LogP contribution in [0.1, 0.15) is 5.56 Å². The number of nitrogens with zero attached hydrogens (tertiary/aromatic N) is 1. The molecule has 1 nitrogen and oxygen atoms in total. The minimum absolute atomic E-state index is 1.13. The van der Waals surface area contributed by atoms with Crippen molar-refractivity contribution in [2.45, 2.75) is 0 Å². The highest BCUT2D eigenvalue weighted by Gasteiger charge is 1.98. The summed E-state index contributed by atoms with van der Waals surface area (Å²) in [7, 11) is 0. The van der Waals surface area contributed by atoms with E-state index in [0.29, 0.717) is 0 Å². The Hall–Kier alpha value is -1.59. The van der Waals surface area contributed by atoms with Crippen LogP contribution in [0.25, 0.3) is 16.2 Å². The second-order valence-electron chi connectivity index (χ2n) is 2.65. The molecule has 0 N–H and O–H groups in total. The molecule has 0 aliphatic heterocycles. The maximum atomic E-state index is 8.40. The zero-order chi connectivity index (χ0) is 9.10. The SMILES string of the molecule is N#C/C=C\c1csc2ccccc12. The molecule has 62 valence electrons. The highest BCUT2D eigenvalue weighted by Crippen LogP contribution is 2.26. The lowest BCUT2D eigenvalue weighted by molar-refractivity contribution is 1.54. The first kappa shape index (κ1) is 8.03. The summed E-state index contributed by atoms with van der Waals surface area (Å²) < 4.78 is 1.26. The van der Waals surface area contributed by atoms with Crippen molar-refractivity contribution in [1.29, 1.82) is 5.26 Å². The Kier molecular flexibility index (Phi) is 2.11. The fourth-order valence-corrected chi connectivity index (χ4v) is 2.18. The van der Waals surface area contributed by atoms with Crippen molar-refractivity contribution in [3.63, 3.8) is 0 Å². The number of hydrogen-bond acceptors (Lipinski definition) is 2. The number of nitriles is 1. The lowest BCUT2D eigenvalue weighted by Gasteiger charge is -1.88. The first-order valence-corrected chi connectivity index (χ1v) is 4.82. The van der Waals surface area contributed by atoms with Crippen LogP contribution in [-0.4, -0.2) is 0 Å². The van der Waals surface area contributed by atoms with Gasteiger partial charge < -0.3 is 0 Å². The van der Waals surface area contributed by atoms with E-state index in [9.17, 15) is 0 Å². The highest BCUT2D eigenvalue weighted by atomic mass is 32.1. The molecule has 0 fully saturated rings. The summed E-state index contributed by atoms with van der Waals surface area (Å²) >= 11 is 1.70. The van der Waals surface area contributed by atoms with Gasteiger partial charge in [0.15, 0.2) is 0 Å². The Morgan fingerprint density at radius 3 is 3.00 bits per heavy atom. The summed E-state index contributed by atoms with van der Waals surface area (Å²) in [5.74, 6) is 0. The van der Waals surface area contributed by atoms with Crippen molar-refractivity contribution in [3.05, 3.63) is 41.3 Å². The number of thiophene rings is 1. The van der Waals surface area contributed by atoms with Crippen LogP contribution in [0.4, 0.5) is 0 Å². The summed E-state index contributed by atoms with van der Waals surface area (Å²) in [5, 5.41) is 11.7. The van der Waals surface area contributed by atoms with Gasteiger partial charge in [0.1, 0.15) is 0 Å². The van der Waals surface area contributed by atoms with E-state index >= 15 is 0 Å². The predicted molar refractivity (Wildman–Crippen MR) is 56.5 cm³/mol. The van der Waals surface area contributed by atoms with Crippen LogP contribution in [0, 0.1) is 11.3 Å². The van der Waals surface area contributed by atoms with Gasteiger partial charge in [0.25, 0.3) is 0 Å². The molecule has 0 atom stereocenters. The van der Waals surface area contributed by atoms with E-state index in [0.717, 1.165) is 5.56 Å². The lowest BCUT2D eigenvalue weighted by Crippen LogP contribution is -1.66. The van der Waals surface area contributed by atoms with Crippen molar-refractivity contribution in [2.24, 2.45) is 0 Å². The average molecular weight is 185 g/mol. The molecule has 2 aromatic rings. The molecule has 1 heterocycles. The third-order valence-electron chi connectivity index (χ3n) is 1.85. The van der Waals surface area contributed by atoms with Gasteiger partial charge in [-0.25, -0.2) is 0 Å². The van der Waals surface area contributed by atoms with E-state index in [4.69, 9.17) is 5.26 Å². The van der Waals surface area contributed by atoms with Gasteiger partial charge in [-0.05, 0) is 28.5 Å². The quantitative estimate of drug-likeness (QED) is 0.624. The standard InChI is InChI=1S/C11H7NS/c12-7-3-4-9-8-13-11-6-2-1-5-10(9)11/h1-6,8H/b4-3-. The van der Waals surface area contributed by atoms with Gasteiger partial charge >= 0.3 is 0 Å². The third kappa shape index (κ3) is 1.47. The number of allylic oxidation sites excluding steroid dienone is 1. The molecule has 2 heteroatoms. The summed E-state index contributed by atoms with van der Waals surface area (Å²) in [6, 6.07) is 10.2. The van der Waals surface area contributed by atoms with Crippen LogP contribution >= 0.6 is 11.3 Å². The van der Waals surface area contributed by atoms with E-state index in [-0.39, 0.29) is 0 Å². The zero-order valence-corrected chi connectivity index (χ0v) is 7.71. The van der Waals surface area contributed by atoms with E-state index in [2.05, 4.69) is 17.5 Å². The summed E-state index contributed by atoms with van der Waals surface area (Å²) in [5.41, 5.74) is 1.13. The van der Waals surface area contributed by atoms with E-state index in [1.54, 1.807) is 11.3 Å². The second-order valence-corrected chi connectivity index (χ2v) is 3.56. The van der Waals surface area contributed by atoms with Crippen LogP contribution in [0.5, 0.6) is 0 Å². The van der Waals surface area contributed by atoms with E-state index < -0.39 is 0 Å². The van der Waals surface area contributed by atoms with E-state index in [1.165, 1.54) is 16.2 Å². The number of hydrogen-bond donors (Lipinski definition) is 0. The number of benzene rings is 1. The van der Waals surface area contributed by atoms with Crippen LogP contribution in [0.2, 0.25) is 0 Å². The molecule has 0 bridgehead atoms. The Morgan fingerprint density at radius 1 is 1.31 bits per heavy atom. The first-order chi connectivity index (χ1) is 6.42. The molecule has 0 saturated heterocycles.